The number of pyridine rings is 1. The van der Waals surface area contributed by atoms with Crippen LogP contribution in [0.5, 0.6) is 0 Å². The Bertz CT molecular complexity index is 1080. The van der Waals surface area contributed by atoms with Crippen molar-refractivity contribution in [3.63, 3.8) is 0 Å². The van der Waals surface area contributed by atoms with Crippen LogP contribution in [0.1, 0.15) is 50.6 Å². The largest absolute Gasteiger partial charge is 0.299 e. The molecule has 1 aliphatic rings. The van der Waals surface area contributed by atoms with E-state index in [9.17, 15) is 4.79 Å². The second-order valence-corrected chi connectivity index (χ2v) is 9.12. The number of carbonyl (C=O) groups is 1. The Morgan fingerprint density at radius 2 is 1.97 bits per heavy atom. The van der Waals surface area contributed by atoms with Crippen molar-refractivity contribution in [2.24, 2.45) is 5.10 Å². The summed E-state index contributed by atoms with van der Waals surface area (Å²) in [6.45, 7) is 1.84. The summed E-state index contributed by atoms with van der Waals surface area (Å²) in [5, 5.41) is 14.5. The average molecular weight is 469 g/mol. The monoisotopic (exact) mass is 468 g/mol. The van der Waals surface area contributed by atoms with E-state index in [1.807, 2.05) is 43.3 Å². The fourth-order valence-corrected chi connectivity index (χ4v) is 4.71. The van der Waals surface area contributed by atoms with Gasteiger partial charge in [-0.1, -0.05) is 48.7 Å². The van der Waals surface area contributed by atoms with E-state index in [0.717, 1.165) is 34.9 Å². The van der Waals surface area contributed by atoms with Crippen LogP contribution in [0.3, 0.4) is 0 Å². The number of benzene rings is 1. The van der Waals surface area contributed by atoms with Gasteiger partial charge in [-0.2, -0.15) is 5.10 Å². The minimum atomic E-state index is -0.190. The Kier molecular flexibility index (Phi) is 7.55. The highest BCUT2D eigenvalue weighted by atomic mass is 35.5. The zero-order valence-corrected chi connectivity index (χ0v) is 19.4. The van der Waals surface area contributed by atoms with Gasteiger partial charge in [-0.25, -0.2) is 5.43 Å². The molecule has 0 radical (unpaired) electrons. The number of hydrazone groups is 1. The van der Waals surface area contributed by atoms with Crippen LogP contribution < -0.4 is 5.43 Å². The molecule has 4 rings (SSSR count). The van der Waals surface area contributed by atoms with E-state index >= 15 is 0 Å². The quantitative estimate of drug-likeness (QED) is 0.295. The minimum absolute atomic E-state index is 0.190. The van der Waals surface area contributed by atoms with Crippen LogP contribution in [0.2, 0.25) is 5.02 Å². The van der Waals surface area contributed by atoms with Crippen molar-refractivity contribution < 1.29 is 4.79 Å². The van der Waals surface area contributed by atoms with Gasteiger partial charge < -0.3 is 0 Å². The highest BCUT2D eigenvalue weighted by Crippen LogP contribution is 2.35. The molecule has 32 heavy (non-hydrogen) atoms. The maximum Gasteiger partial charge on any atom is 0.250 e. The topological polar surface area (TPSA) is 85.1 Å². The number of rotatable bonds is 7. The van der Waals surface area contributed by atoms with Gasteiger partial charge in [0, 0.05) is 34.6 Å². The lowest BCUT2D eigenvalue weighted by Crippen LogP contribution is -2.22. The Labute approximate surface area is 196 Å². The lowest BCUT2D eigenvalue weighted by atomic mass is 9.95. The molecule has 1 aliphatic carbocycles. The molecule has 0 aliphatic heterocycles. The summed E-state index contributed by atoms with van der Waals surface area (Å²) < 4.78 is 2.20. The van der Waals surface area contributed by atoms with E-state index in [2.05, 4.69) is 30.3 Å². The molecule has 2 heterocycles. The number of aromatic nitrogens is 4. The number of hydrogen-bond acceptors (Lipinski definition) is 6. The molecular weight excluding hydrogens is 444 g/mol. The number of halogens is 1. The Morgan fingerprint density at radius 3 is 2.69 bits per heavy atom. The second kappa shape index (κ2) is 10.7. The van der Waals surface area contributed by atoms with Crippen molar-refractivity contribution in [3.05, 3.63) is 59.4 Å². The fourth-order valence-electron chi connectivity index (χ4n) is 3.79. The van der Waals surface area contributed by atoms with E-state index in [4.69, 9.17) is 11.6 Å². The SMILES string of the molecule is C/C(=N/NC(=O)CSc1nnc(-c2ccc(Cl)cc2)n1C1CCCCC1)c1cccnc1. The van der Waals surface area contributed by atoms with Crippen LogP contribution in [-0.4, -0.2) is 37.1 Å². The van der Waals surface area contributed by atoms with Gasteiger partial charge >= 0.3 is 0 Å². The molecule has 3 aromatic rings. The summed E-state index contributed by atoms with van der Waals surface area (Å²) >= 11 is 7.45. The van der Waals surface area contributed by atoms with Crippen molar-refractivity contribution in [2.75, 3.05) is 5.75 Å². The third-order valence-corrected chi connectivity index (χ3v) is 6.66. The molecule has 0 atom stereocenters. The summed E-state index contributed by atoms with van der Waals surface area (Å²) in [5.74, 6) is 0.835. The van der Waals surface area contributed by atoms with Crippen molar-refractivity contribution in [1.82, 2.24) is 25.2 Å². The molecule has 0 spiro atoms. The summed E-state index contributed by atoms with van der Waals surface area (Å²) in [7, 11) is 0. The third-order valence-electron chi connectivity index (χ3n) is 5.47. The van der Waals surface area contributed by atoms with Gasteiger partial charge in [-0.15, -0.1) is 10.2 Å². The maximum atomic E-state index is 12.4. The van der Waals surface area contributed by atoms with E-state index in [0.29, 0.717) is 16.8 Å². The van der Waals surface area contributed by atoms with E-state index in [1.54, 1.807) is 12.4 Å². The number of nitrogens with zero attached hydrogens (tertiary/aromatic N) is 5. The molecule has 1 aromatic carbocycles. The van der Waals surface area contributed by atoms with Crippen LogP contribution in [-0.2, 0) is 4.79 Å². The van der Waals surface area contributed by atoms with Crippen molar-refractivity contribution in [2.45, 2.75) is 50.2 Å². The van der Waals surface area contributed by atoms with Crippen LogP contribution in [0.4, 0.5) is 0 Å². The van der Waals surface area contributed by atoms with Crippen LogP contribution >= 0.6 is 23.4 Å². The molecule has 166 valence electrons. The highest BCUT2D eigenvalue weighted by Gasteiger charge is 2.24. The molecular formula is C23H25ClN6OS. The van der Waals surface area contributed by atoms with Gasteiger partial charge in [0.1, 0.15) is 0 Å². The average Bonchev–Trinajstić information content (AvgIpc) is 3.26. The lowest BCUT2D eigenvalue weighted by Gasteiger charge is -2.25. The number of thioether (sulfide) groups is 1. The van der Waals surface area contributed by atoms with Gasteiger partial charge in [0.05, 0.1) is 11.5 Å². The summed E-state index contributed by atoms with van der Waals surface area (Å²) in [5.41, 5.74) is 5.16. The molecule has 7 nitrogen and oxygen atoms in total. The molecule has 1 fully saturated rings. The van der Waals surface area contributed by atoms with Gasteiger partial charge in [0.25, 0.3) is 5.91 Å². The summed E-state index contributed by atoms with van der Waals surface area (Å²) in [6.07, 6.45) is 9.23. The van der Waals surface area contributed by atoms with Crippen molar-refractivity contribution in [3.8, 4) is 11.4 Å². The Balaban J connectivity index is 1.48. The highest BCUT2D eigenvalue weighted by molar-refractivity contribution is 7.99. The first-order valence-corrected chi connectivity index (χ1v) is 12.1. The molecule has 0 bridgehead atoms. The van der Waals surface area contributed by atoms with Crippen LogP contribution in [0, 0.1) is 0 Å². The van der Waals surface area contributed by atoms with Crippen LogP contribution in [0.25, 0.3) is 11.4 Å². The number of amides is 1. The van der Waals surface area contributed by atoms with E-state index in [1.165, 1.54) is 31.0 Å². The second-order valence-electron chi connectivity index (χ2n) is 7.74. The fraction of sp³-hybridized carbons (Fsp3) is 0.348. The smallest absolute Gasteiger partial charge is 0.250 e. The summed E-state index contributed by atoms with van der Waals surface area (Å²) in [4.78, 5) is 16.5. The first-order valence-electron chi connectivity index (χ1n) is 10.7. The standard InChI is InChI=1S/C23H25ClN6OS/c1-16(18-6-5-13-25-14-18)26-27-21(31)15-32-23-29-28-22(17-9-11-19(24)12-10-17)30(23)20-7-3-2-4-8-20/h5-6,9-14,20H,2-4,7-8,15H2,1H3,(H,27,31)/b26-16-. The molecule has 2 aromatic heterocycles. The lowest BCUT2D eigenvalue weighted by molar-refractivity contribution is -0.118. The van der Waals surface area contributed by atoms with Gasteiger partial charge in [0.15, 0.2) is 11.0 Å². The zero-order chi connectivity index (χ0) is 22.3. The zero-order valence-electron chi connectivity index (χ0n) is 17.9. The Hall–Kier alpha value is -2.71. The number of hydrogen-bond donors (Lipinski definition) is 1. The molecule has 1 N–H and O–H groups in total. The molecule has 0 saturated heterocycles. The Morgan fingerprint density at radius 1 is 1.19 bits per heavy atom. The first-order chi connectivity index (χ1) is 15.6. The third kappa shape index (κ3) is 5.55. The van der Waals surface area contributed by atoms with Gasteiger partial charge in [0.2, 0.25) is 0 Å². The van der Waals surface area contributed by atoms with Crippen LogP contribution in [0.15, 0.2) is 59.0 Å². The van der Waals surface area contributed by atoms with Gasteiger partial charge in [-0.05, 0) is 50.1 Å². The molecule has 1 saturated carbocycles. The van der Waals surface area contributed by atoms with Crippen molar-refractivity contribution in [1.29, 1.82) is 0 Å². The minimum Gasteiger partial charge on any atom is -0.299 e. The predicted octanol–water partition coefficient (Wildman–Crippen LogP) is 5.13. The number of nitrogens with one attached hydrogen (secondary N) is 1. The predicted molar refractivity (Wildman–Crippen MR) is 128 cm³/mol. The van der Waals surface area contributed by atoms with Gasteiger partial charge in [-0.3, -0.25) is 14.3 Å². The van der Waals surface area contributed by atoms with E-state index < -0.39 is 0 Å². The maximum absolute atomic E-state index is 12.4. The molecule has 0 unspecified atom stereocenters. The summed E-state index contributed by atoms with van der Waals surface area (Å²) in [6, 6.07) is 11.7. The van der Waals surface area contributed by atoms with Crippen molar-refractivity contribution >= 4 is 35.0 Å². The normalized spacial score (nSPS) is 15.0. The molecule has 1 amide bonds. The number of carbonyl (C=O) groups excluding carboxylic acids is 1. The van der Waals surface area contributed by atoms with E-state index in [-0.39, 0.29) is 11.7 Å². The molecule has 9 heteroatoms. The first kappa shape index (κ1) is 22.5.